The third-order valence-corrected chi connectivity index (χ3v) is 4.12. The summed E-state index contributed by atoms with van der Waals surface area (Å²) in [6, 6.07) is 8.07. The zero-order chi connectivity index (χ0) is 19.6. The van der Waals surface area contributed by atoms with Gasteiger partial charge in [-0.05, 0) is 36.1 Å². The van der Waals surface area contributed by atoms with Gasteiger partial charge in [0, 0.05) is 19.2 Å². The monoisotopic (exact) mass is 386 g/mol. The number of carbonyl (C=O) groups excluding carboxylic acids is 1. The molecule has 9 heteroatoms. The van der Waals surface area contributed by atoms with E-state index in [9.17, 15) is 26.7 Å². The average Bonchev–Trinajstić information content (AvgIpc) is 2.53. The Morgan fingerprint density at radius 3 is 2.52 bits per heavy atom. The van der Waals surface area contributed by atoms with Crippen molar-refractivity contribution in [2.75, 3.05) is 18.4 Å². The second-order valence-electron chi connectivity index (χ2n) is 6.18. The summed E-state index contributed by atoms with van der Waals surface area (Å²) in [6.45, 7) is 0.601. The van der Waals surface area contributed by atoms with Crippen LogP contribution in [0.15, 0.2) is 42.5 Å². The van der Waals surface area contributed by atoms with Crippen molar-refractivity contribution in [3.05, 3.63) is 59.7 Å². The molecular formula is C18H15F5N2O2. The number of hydrogen-bond acceptors (Lipinski definition) is 2. The van der Waals surface area contributed by atoms with Crippen molar-refractivity contribution < 1.29 is 31.5 Å². The van der Waals surface area contributed by atoms with Crippen molar-refractivity contribution in [3.8, 4) is 5.75 Å². The summed E-state index contributed by atoms with van der Waals surface area (Å²) in [5, 5.41) is 2.34. The lowest BCUT2D eigenvalue weighted by atomic mass is 9.92. The van der Waals surface area contributed by atoms with Crippen molar-refractivity contribution in [1.29, 1.82) is 0 Å². The predicted octanol–water partition coefficient (Wildman–Crippen LogP) is 4.57. The zero-order valence-corrected chi connectivity index (χ0v) is 13.9. The number of para-hydroxylation sites is 1. The Kier molecular flexibility index (Phi) is 5.20. The largest absolute Gasteiger partial charge is 0.573 e. The third-order valence-electron chi connectivity index (χ3n) is 4.12. The zero-order valence-electron chi connectivity index (χ0n) is 13.9. The van der Waals surface area contributed by atoms with Crippen LogP contribution >= 0.6 is 0 Å². The van der Waals surface area contributed by atoms with Gasteiger partial charge in [0.2, 0.25) is 0 Å². The molecule has 0 aliphatic carbocycles. The Bertz CT molecular complexity index is 835. The van der Waals surface area contributed by atoms with E-state index in [4.69, 9.17) is 0 Å². The summed E-state index contributed by atoms with van der Waals surface area (Å²) in [5.74, 6) is -1.96. The molecular weight excluding hydrogens is 371 g/mol. The van der Waals surface area contributed by atoms with Crippen LogP contribution in [-0.4, -0.2) is 30.4 Å². The first-order chi connectivity index (χ1) is 12.7. The number of carbonyl (C=O) groups is 1. The number of hydrogen-bond donors (Lipinski definition) is 1. The molecule has 2 aromatic carbocycles. The van der Waals surface area contributed by atoms with Gasteiger partial charge in [0.25, 0.3) is 0 Å². The van der Waals surface area contributed by atoms with E-state index >= 15 is 0 Å². The van der Waals surface area contributed by atoms with Crippen LogP contribution in [0.3, 0.4) is 0 Å². The fraction of sp³-hybridized carbons (Fsp3) is 0.278. The number of urea groups is 1. The number of benzene rings is 2. The van der Waals surface area contributed by atoms with E-state index in [1.807, 2.05) is 0 Å². The summed E-state index contributed by atoms with van der Waals surface area (Å²) in [7, 11) is 0. The number of amides is 2. The average molecular weight is 386 g/mol. The van der Waals surface area contributed by atoms with Crippen molar-refractivity contribution >= 4 is 11.7 Å². The van der Waals surface area contributed by atoms with Gasteiger partial charge in [-0.2, -0.15) is 0 Å². The van der Waals surface area contributed by atoms with E-state index in [1.54, 1.807) is 6.07 Å². The fourth-order valence-electron chi connectivity index (χ4n) is 2.86. The third kappa shape index (κ3) is 4.87. The number of rotatable bonds is 4. The van der Waals surface area contributed by atoms with E-state index in [-0.39, 0.29) is 17.4 Å². The summed E-state index contributed by atoms with van der Waals surface area (Å²) >= 11 is 0. The maximum absolute atomic E-state index is 13.6. The SMILES string of the molecule is O=C(Nc1ccc(F)cc1F)N1CC(Cc2ccccc2OC(F)(F)F)C1. The molecule has 0 atom stereocenters. The van der Waals surface area contributed by atoms with Gasteiger partial charge in [0.05, 0.1) is 5.69 Å². The molecule has 1 aliphatic rings. The van der Waals surface area contributed by atoms with Crippen LogP contribution in [0.25, 0.3) is 0 Å². The maximum Gasteiger partial charge on any atom is 0.573 e. The molecule has 0 bridgehead atoms. The molecule has 0 saturated carbocycles. The van der Waals surface area contributed by atoms with Crippen molar-refractivity contribution in [3.63, 3.8) is 0 Å². The van der Waals surface area contributed by atoms with Gasteiger partial charge in [-0.25, -0.2) is 13.6 Å². The Morgan fingerprint density at radius 2 is 1.85 bits per heavy atom. The van der Waals surface area contributed by atoms with Crippen molar-refractivity contribution in [2.45, 2.75) is 12.8 Å². The molecule has 0 unspecified atom stereocenters. The first kappa shape index (κ1) is 18.9. The minimum absolute atomic E-state index is 0.0493. The number of alkyl halides is 3. The van der Waals surface area contributed by atoms with Crippen molar-refractivity contribution in [1.82, 2.24) is 4.90 Å². The normalized spacial score (nSPS) is 14.6. The van der Waals surface area contributed by atoms with Crippen LogP contribution in [0.5, 0.6) is 5.75 Å². The minimum atomic E-state index is -4.78. The van der Waals surface area contributed by atoms with Crippen LogP contribution in [0, 0.1) is 17.6 Å². The maximum atomic E-state index is 13.6. The lowest BCUT2D eigenvalue weighted by molar-refractivity contribution is -0.274. The van der Waals surface area contributed by atoms with Gasteiger partial charge in [-0.15, -0.1) is 13.2 Å². The Morgan fingerprint density at radius 1 is 1.15 bits per heavy atom. The highest BCUT2D eigenvalue weighted by atomic mass is 19.4. The molecule has 1 saturated heterocycles. The molecule has 1 fully saturated rings. The lowest BCUT2D eigenvalue weighted by Gasteiger charge is -2.39. The Hall–Kier alpha value is -2.84. The second kappa shape index (κ2) is 7.42. The summed E-state index contributed by atoms with van der Waals surface area (Å²) in [6.07, 6.45) is -4.47. The first-order valence-electron chi connectivity index (χ1n) is 8.06. The molecule has 0 aromatic heterocycles. The lowest BCUT2D eigenvalue weighted by Crippen LogP contribution is -2.52. The standard InChI is InChI=1S/C18H15F5N2O2/c19-13-5-6-15(14(20)8-13)24-17(26)25-9-11(10-25)7-12-3-1-2-4-16(12)27-18(21,22)23/h1-6,8,11H,7,9-10H2,(H,24,26). The molecule has 4 nitrogen and oxygen atoms in total. The van der Waals surface area contributed by atoms with Crippen molar-refractivity contribution in [2.24, 2.45) is 5.92 Å². The molecule has 1 N–H and O–H groups in total. The molecule has 0 radical (unpaired) electrons. The number of nitrogens with one attached hydrogen (secondary N) is 1. The van der Waals surface area contributed by atoms with E-state index in [0.29, 0.717) is 31.1 Å². The Labute approximate surface area is 151 Å². The molecule has 1 heterocycles. The van der Waals surface area contributed by atoms with Gasteiger partial charge < -0.3 is 15.0 Å². The molecule has 2 amide bonds. The number of ether oxygens (including phenoxy) is 1. The van der Waals surface area contributed by atoms with Gasteiger partial charge in [-0.3, -0.25) is 0 Å². The first-order valence-corrected chi connectivity index (χ1v) is 8.06. The molecule has 1 aliphatic heterocycles. The molecule has 0 spiro atoms. The van der Waals surface area contributed by atoms with E-state index in [2.05, 4.69) is 10.1 Å². The second-order valence-corrected chi connectivity index (χ2v) is 6.18. The van der Waals surface area contributed by atoms with E-state index in [1.165, 1.54) is 23.1 Å². The highest BCUT2D eigenvalue weighted by molar-refractivity contribution is 5.90. The number of nitrogens with zero attached hydrogens (tertiary/aromatic N) is 1. The van der Waals surface area contributed by atoms with E-state index < -0.39 is 24.0 Å². The highest BCUT2D eigenvalue weighted by Gasteiger charge is 2.34. The smallest absolute Gasteiger partial charge is 0.406 e. The van der Waals surface area contributed by atoms with Crippen LogP contribution in [0.2, 0.25) is 0 Å². The van der Waals surface area contributed by atoms with E-state index in [0.717, 1.165) is 12.1 Å². The molecule has 144 valence electrons. The number of likely N-dealkylation sites (tertiary alicyclic amines) is 1. The summed E-state index contributed by atoms with van der Waals surface area (Å²) < 4.78 is 67.8. The number of halogens is 5. The number of anilines is 1. The van der Waals surface area contributed by atoms with Crippen LogP contribution < -0.4 is 10.1 Å². The summed E-state index contributed by atoms with van der Waals surface area (Å²) in [4.78, 5) is 13.5. The van der Waals surface area contributed by atoms with Gasteiger partial charge in [-0.1, -0.05) is 18.2 Å². The predicted molar refractivity (Wildman–Crippen MR) is 87.3 cm³/mol. The van der Waals surface area contributed by atoms with Crippen LogP contribution in [-0.2, 0) is 6.42 Å². The Balaban J connectivity index is 1.55. The van der Waals surface area contributed by atoms with Gasteiger partial charge in [0.1, 0.15) is 17.4 Å². The van der Waals surface area contributed by atoms with Crippen LogP contribution in [0.1, 0.15) is 5.56 Å². The fourth-order valence-corrected chi connectivity index (χ4v) is 2.86. The van der Waals surface area contributed by atoms with Crippen LogP contribution in [0.4, 0.5) is 32.4 Å². The molecule has 3 rings (SSSR count). The topological polar surface area (TPSA) is 41.6 Å². The summed E-state index contributed by atoms with van der Waals surface area (Å²) in [5.41, 5.74) is 0.248. The molecule has 2 aromatic rings. The van der Waals surface area contributed by atoms with Gasteiger partial charge >= 0.3 is 12.4 Å². The quantitative estimate of drug-likeness (QED) is 0.783. The highest BCUT2D eigenvalue weighted by Crippen LogP contribution is 2.30. The molecule has 27 heavy (non-hydrogen) atoms. The van der Waals surface area contributed by atoms with Gasteiger partial charge in [0.15, 0.2) is 0 Å². The minimum Gasteiger partial charge on any atom is -0.406 e.